The predicted molar refractivity (Wildman–Crippen MR) is 101 cm³/mol. The van der Waals surface area contributed by atoms with Crippen LogP contribution in [0.4, 0.5) is 0 Å². The lowest BCUT2D eigenvalue weighted by atomic mass is 9.70. The van der Waals surface area contributed by atoms with Crippen molar-refractivity contribution in [1.82, 2.24) is 4.98 Å². The quantitative estimate of drug-likeness (QED) is 0.606. The first-order valence-electron chi connectivity index (χ1n) is 8.60. The maximum atomic E-state index is 13.2. The Hall–Kier alpha value is -2.70. The number of carbonyl (C=O) groups is 2. The molecule has 0 saturated heterocycles. The summed E-state index contributed by atoms with van der Waals surface area (Å²) >= 11 is 0. The molecule has 0 radical (unpaired) electrons. The van der Waals surface area contributed by atoms with Crippen molar-refractivity contribution in [2.75, 3.05) is 0 Å². The molecule has 6 N–H and O–H groups in total. The molecule has 3 rings (SSSR count). The van der Waals surface area contributed by atoms with Crippen molar-refractivity contribution in [3.8, 4) is 0 Å². The first-order valence-corrected chi connectivity index (χ1v) is 8.60. The summed E-state index contributed by atoms with van der Waals surface area (Å²) in [5, 5.41) is 10.2. The molecule has 0 bridgehead atoms. The van der Waals surface area contributed by atoms with Crippen LogP contribution in [0.25, 0.3) is 10.9 Å². The normalized spacial score (nSPS) is 21.6. The van der Waals surface area contributed by atoms with Crippen LogP contribution in [0, 0.1) is 5.41 Å². The summed E-state index contributed by atoms with van der Waals surface area (Å²) in [5.41, 5.74) is 13.0. The highest BCUT2D eigenvalue weighted by Crippen LogP contribution is 2.35. The number of aliphatic carboxylic acids is 1. The van der Waals surface area contributed by atoms with Gasteiger partial charge in [0.05, 0.1) is 11.5 Å². The van der Waals surface area contributed by atoms with Gasteiger partial charge in [0.25, 0.3) is 0 Å². The Morgan fingerprint density at radius 1 is 1.19 bits per heavy atom. The summed E-state index contributed by atoms with van der Waals surface area (Å²) in [6, 6.07) is 5.97. The zero-order valence-electron chi connectivity index (χ0n) is 14.4. The number of rotatable bonds is 7. The number of fused-ring (bicyclic) bond motifs is 1. The topological polar surface area (TPSA) is 122 Å². The van der Waals surface area contributed by atoms with Crippen molar-refractivity contribution in [3.05, 3.63) is 60.3 Å². The van der Waals surface area contributed by atoms with Crippen molar-refractivity contribution in [1.29, 1.82) is 0 Å². The number of hydrogen-bond donors (Lipinski definition) is 4. The number of nitrogens with one attached hydrogen (secondary N) is 1. The first-order chi connectivity index (χ1) is 12.4. The number of carboxylic acids is 1. The lowest BCUT2D eigenvalue weighted by molar-refractivity contribution is -0.139. The smallest absolute Gasteiger partial charge is 0.320 e. The minimum Gasteiger partial charge on any atom is -0.480 e. The second-order valence-electron chi connectivity index (χ2n) is 6.83. The molecule has 2 aromatic rings. The van der Waals surface area contributed by atoms with E-state index in [1.54, 1.807) is 12.2 Å². The molecule has 1 aliphatic rings. The van der Waals surface area contributed by atoms with Gasteiger partial charge in [-0.3, -0.25) is 9.59 Å². The number of carbonyl (C=O) groups excluding carboxylic acids is 1. The van der Waals surface area contributed by atoms with E-state index in [0.717, 1.165) is 16.5 Å². The van der Waals surface area contributed by atoms with Crippen molar-refractivity contribution in [3.63, 3.8) is 0 Å². The molecule has 3 atom stereocenters. The molecule has 1 aromatic carbocycles. The number of Topliss-reactive ketones (excluding diaryl/α,β-unsaturated/α-hetero) is 1. The van der Waals surface area contributed by atoms with Crippen molar-refractivity contribution in [2.24, 2.45) is 16.9 Å². The van der Waals surface area contributed by atoms with Crippen molar-refractivity contribution in [2.45, 2.75) is 31.3 Å². The summed E-state index contributed by atoms with van der Waals surface area (Å²) in [5.74, 6) is -1.30. The molecule has 6 heteroatoms. The Morgan fingerprint density at radius 3 is 2.65 bits per heavy atom. The third-order valence-electron chi connectivity index (χ3n) is 4.99. The van der Waals surface area contributed by atoms with E-state index < -0.39 is 23.5 Å². The number of hydrogen-bond acceptors (Lipinski definition) is 4. The molecule has 0 fully saturated rings. The Morgan fingerprint density at radius 2 is 1.96 bits per heavy atom. The van der Waals surface area contributed by atoms with Gasteiger partial charge < -0.3 is 21.6 Å². The number of benzene rings is 1. The van der Waals surface area contributed by atoms with Crippen LogP contribution in [-0.4, -0.2) is 33.9 Å². The predicted octanol–water partition coefficient (Wildman–Crippen LogP) is 1.91. The average Bonchev–Trinajstić information content (AvgIpc) is 3.04. The molecule has 6 nitrogen and oxygen atoms in total. The van der Waals surface area contributed by atoms with Crippen LogP contribution in [0.1, 0.15) is 18.4 Å². The summed E-state index contributed by atoms with van der Waals surface area (Å²) in [6.07, 6.45) is 9.87. The van der Waals surface area contributed by atoms with Gasteiger partial charge in [-0.2, -0.15) is 0 Å². The third-order valence-corrected chi connectivity index (χ3v) is 4.99. The fourth-order valence-electron chi connectivity index (χ4n) is 3.58. The molecule has 1 heterocycles. The number of para-hydroxylation sites is 1. The van der Waals surface area contributed by atoms with Crippen LogP contribution in [0.2, 0.25) is 0 Å². The van der Waals surface area contributed by atoms with E-state index in [4.69, 9.17) is 16.6 Å². The summed E-state index contributed by atoms with van der Waals surface area (Å²) in [6.45, 7) is 0. The van der Waals surface area contributed by atoms with Crippen LogP contribution in [0.5, 0.6) is 0 Å². The van der Waals surface area contributed by atoms with E-state index in [9.17, 15) is 9.59 Å². The number of nitrogens with two attached hydrogens (primary N) is 2. The zero-order valence-corrected chi connectivity index (χ0v) is 14.4. The minimum atomic E-state index is -1.12. The molecule has 1 aliphatic carbocycles. The van der Waals surface area contributed by atoms with Crippen LogP contribution in [0.15, 0.2) is 54.8 Å². The lowest BCUT2D eigenvalue weighted by Crippen LogP contribution is -2.48. The van der Waals surface area contributed by atoms with Gasteiger partial charge in [0.2, 0.25) is 0 Å². The fourth-order valence-corrected chi connectivity index (χ4v) is 3.58. The van der Waals surface area contributed by atoms with E-state index in [1.807, 2.05) is 42.6 Å². The average molecular weight is 353 g/mol. The molecular weight excluding hydrogens is 330 g/mol. The highest BCUT2D eigenvalue weighted by Gasteiger charge is 2.41. The third kappa shape index (κ3) is 3.47. The van der Waals surface area contributed by atoms with Crippen LogP contribution in [0.3, 0.4) is 0 Å². The molecule has 0 saturated carbocycles. The van der Waals surface area contributed by atoms with E-state index >= 15 is 0 Å². The van der Waals surface area contributed by atoms with Gasteiger partial charge in [-0.05, 0) is 30.9 Å². The van der Waals surface area contributed by atoms with Gasteiger partial charge >= 0.3 is 5.97 Å². The van der Waals surface area contributed by atoms with E-state index in [-0.39, 0.29) is 12.2 Å². The summed E-state index contributed by atoms with van der Waals surface area (Å²) in [7, 11) is 0. The minimum absolute atomic E-state index is 0.0313. The second kappa shape index (κ2) is 7.27. The number of ketones is 1. The Kier molecular flexibility index (Phi) is 5.06. The second-order valence-corrected chi connectivity index (χ2v) is 6.83. The Labute approximate surface area is 151 Å². The van der Waals surface area contributed by atoms with Gasteiger partial charge in [-0.1, -0.05) is 42.5 Å². The number of allylic oxidation sites excluding steroid dienone is 4. The Balaban J connectivity index is 1.83. The van der Waals surface area contributed by atoms with Crippen molar-refractivity contribution < 1.29 is 14.7 Å². The van der Waals surface area contributed by atoms with Gasteiger partial charge in [0.15, 0.2) is 5.78 Å². The van der Waals surface area contributed by atoms with Crippen LogP contribution >= 0.6 is 0 Å². The first kappa shape index (κ1) is 18.1. The van der Waals surface area contributed by atoms with Gasteiger partial charge in [0.1, 0.15) is 6.04 Å². The molecule has 2 unspecified atom stereocenters. The monoisotopic (exact) mass is 353 g/mol. The maximum Gasteiger partial charge on any atom is 0.320 e. The van der Waals surface area contributed by atoms with Crippen LogP contribution < -0.4 is 11.5 Å². The van der Waals surface area contributed by atoms with E-state index in [2.05, 4.69) is 4.98 Å². The summed E-state index contributed by atoms with van der Waals surface area (Å²) < 4.78 is 0. The zero-order chi connectivity index (χ0) is 18.7. The van der Waals surface area contributed by atoms with E-state index in [1.165, 1.54) is 0 Å². The SMILES string of the molecule is NC(Cc1c[nH]c2ccccc12)C(=O)C1(C[C@H](N)C(=O)O)C=CC=CC1. The molecule has 0 amide bonds. The molecule has 0 spiro atoms. The Bertz CT molecular complexity index is 883. The molecular formula is C20H23N3O3. The lowest BCUT2D eigenvalue weighted by Gasteiger charge is -2.33. The fraction of sp³-hybridized carbons (Fsp3) is 0.300. The molecule has 136 valence electrons. The summed E-state index contributed by atoms with van der Waals surface area (Å²) in [4.78, 5) is 27.5. The standard InChI is InChI=1S/C20H23N3O3/c21-15(10-13-12-23-17-7-3-2-6-14(13)17)18(24)20(8-4-1-5-9-20)11-16(22)19(25)26/h1-8,12,15-16,23H,9-11,21-22H2,(H,25,26)/t15?,16-,20?/m0/s1. The molecule has 0 aliphatic heterocycles. The van der Waals surface area contributed by atoms with Gasteiger partial charge in [-0.25, -0.2) is 0 Å². The number of carboxylic acid groups (broad SMARTS) is 1. The highest BCUT2D eigenvalue weighted by molar-refractivity contribution is 5.93. The van der Waals surface area contributed by atoms with Crippen molar-refractivity contribution >= 4 is 22.7 Å². The number of aromatic amines is 1. The van der Waals surface area contributed by atoms with Gasteiger partial charge in [-0.15, -0.1) is 0 Å². The van der Waals surface area contributed by atoms with Crippen LogP contribution in [-0.2, 0) is 16.0 Å². The number of H-pyrrole nitrogens is 1. The molecule has 1 aromatic heterocycles. The maximum absolute atomic E-state index is 13.2. The largest absolute Gasteiger partial charge is 0.480 e. The highest BCUT2D eigenvalue weighted by atomic mass is 16.4. The van der Waals surface area contributed by atoms with Gasteiger partial charge in [0, 0.05) is 17.1 Å². The number of aromatic nitrogens is 1. The molecule has 26 heavy (non-hydrogen) atoms. The van der Waals surface area contributed by atoms with E-state index in [0.29, 0.717) is 12.8 Å².